The smallest absolute Gasteiger partial charge is 0.257 e. The molecule has 2 aliphatic rings. The van der Waals surface area contributed by atoms with Crippen molar-refractivity contribution in [3.05, 3.63) is 82.2 Å². The summed E-state index contributed by atoms with van der Waals surface area (Å²) in [6.45, 7) is 8.28. The van der Waals surface area contributed by atoms with E-state index in [0.29, 0.717) is 18.7 Å². The topological polar surface area (TPSA) is 59.4 Å². The van der Waals surface area contributed by atoms with Crippen molar-refractivity contribution in [2.75, 3.05) is 18.5 Å². The number of para-hydroxylation sites is 1. The van der Waals surface area contributed by atoms with Gasteiger partial charge < -0.3 is 15.0 Å². The number of ether oxygens (including phenoxy) is 1. The van der Waals surface area contributed by atoms with E-state index in [1.807, 2.05) is 40.8 Å². The van der Waals surface area contributed by atoms with Crippen LogP contribution >= 0.6 is 0 Å². The van der Waals surface area contributed by atoms with Gasteiger partial charge in [-0.05, 0) is 51.3 Å². The molecule has 0 aliphatic carbocycles. The van der Waals surface area contributed by atoms with Crippen LogP contribution in [0.1, 0.15) is 57.4 Å². The quantitative estimate of drug-likeness (QED) is 0.643. The zero-order valence-electron chi connectivity index (χ0n) is 19.0. The molecule has 1 fully saturated rings. The fourth-order valence-electron chi connectivity index (χ4n) is 4.84. The van der Waals surface area contributed by atoms with Crippen molar-refractivity contribution in [3.63, 3.8) is 0 Å². The van der Waals surface area contributed by atoms with E-state index < -0.39 is 0 Å². The van der Waals surface area contributed by atoms with Crippen molar-refractivity contribution in [1.29, 1.82) is 0 Å². The Morgan fingerprint density at radius 1 is 1.09 bits per heavy atom. The Hall–Kier alpha value is -3.12. The number of nitrogens with zero attached hydrogens (tertiary/aromatic N) is 3. The molecule has 32 heavy (non-hydrogen) atoms. The summed E-state index contributed by atoms with van der Waals surface area (Å²) in [5.74, 6) is 0.0462. The Balaban J connectivity index is 1.51. The van der Waals surface area contributed by atoms with Gasteiger partial charge in [-0.2, -0.15) is 5.10 Å². The molecule has 1 saturated heterocycles. The lowest BCUT2D eigenvalue weighted by atomic mass is 10.0. The van der Waals surface area contributed by atoms with Gasteiger partial charge in [0.2, 0.25) is 0 Å². The Kier molecular flexibility index (Phi) is 5.47. The molecule has 0 radical (unpaired) electrons. The highest BCUT2D eigenvalue weighted by atomic mass is 16.5. The van der Waals surface area contributed by atoms with E-state index in [0.717, 1.165) is 42.1 Å². The second kappa shape index (κ2) is 8.43. The third kappa shape index (κ3) is 3.79. The van der Waals surface area contributed by atoms with E-state index in [2.05, 4.69) is 43.4 Å². The lowest BCUT2D eigenvalue weighted by Gasteiger charge is -2.39. The molecular weight excluding hydrogens is 400 g/mol. The Labute approximate surface area is 189 Å². The van der Waals surface area contributed by atoms with Crippen LogP contribution in [-0.4, -0.2) is 39.8 Å². The number of hydrogen-bond donors (Lipinski definition) is 1. The predicted molar refractivity (Wildman–Crippen MR) is 125 cm³/mol. The number of rotatable bonds is 5. The zero-order chi connectivity index (χ0) is 22.2. The maximum absolute atomic E-state index is 13.5. The summed E-state index contributed by atoms with van der Waals surface area (Å²) in [5.41, 5.74) is 7.12. The molecule has 1 N–H and O–H groups in total. The largest absolute Gasteiger partial charge is 0.376 e. The van der Waals surface area contributed by atoms with E-state index in [1.54, 1.807) is 0 Å². The summed E-state index contributed by atoms with van der Waals surface area (Å²) in [5, 5.41) is 8.49. The number of carbonyl (C=O) groups is 1. The van der Waals surface area contributed by atoms with Crippen LogP contribution in [0.15, 0.2) is 48.5 Å². The average Bonchev–Trinajstić information content (AvgIpc) is 3.40. The number of benzene rings is 2. The molecule has 0 unspecified atom stereocenters. The van der Waals surface area contributed by atoms with Gasteiger partial charge in [0.05, 0.1) is 23.9 Å². The van der Waals surface area contributed by atoms with Crippen LogP contribution in [0.4, 0.5) is 5.69 Å². The first-order valence-corrected chi connectivity index (χ1v) is 11.4. The van der Waals surface area contributed by atoms with Gasteiger partial charge in [-0.25, -0.2) is 0 Å². The Bertz CT molecular complexity index is 1130. The third-order valence-electron chi connectivity index (χ3n) is 6.61. The standard InChI is InChI=1S/C26H30N4O2/c1-17-10-12-20(13-11-17)15-30-19(3)24(18(2)28-30)25-27-23-9-5-4-8-22(23)26(31)29(25)16-21-7-6-14-32-21/h4-5,8-13,21,25,27H,6-7,14-16H2,1-3H3/t21-,25-/m1/s1. The first-order chi connectivity index (χ1) is 15.5. The maximum atomic E-state index is 13.5. The van der Waals surface area contributed by atoms with Crippen LogP contribution in [0, 0.1) is 20.8 Å². The van der Waals surface area contributed by atoms with E-state index in [4.69, 9.17) is 9.84 Å². The number of amides is 1. The molecule has 1 aromatic heterocycles. The normalized spacial score (nSPS) is 20.3. The van der Waals surface area contributed by atoms with Crippen LogP contribution < -0.4 is 5.32 Å². The minimum Gasteiger partial charge on any atom is -0.376 e. The Morgan fingerprint density at radius 2 is 1.88 bits per heavy atom. The molecule has 3 heterocycles. The van der Waals surface area contributed by atoms with E-state index in [1.165, 1.54) is 11.1 Å². The predicted octanol–water partition coefficient (Wildman–Crippen LogP) is 4.60. The maximum Gasteiger partial charge on any atom is 0.257 e. The zero-order valence-corrected chi connectivity index (χ0v) is 19.0. The fourth-order valence-corrected chi connectivity index (χ4v) is 4.84. The minimum atomic E-state index is -0.270. The van der Waals surface area contributed by atoms with Crippen molar-refractivity contribution in [2.45, 2.75) is 52.4 Å². The molecule has 2 aliphatic heterocycles. The van der Waals surface area contributed by atoms with Crippen LogP contribution in [0.5, 0.6) is 0 Å². The highest BCUT2D eigenvalue weighted by molar-refractivity contribution is 6.01. The molecule has 0 spiro atoms. The van der Waals surface area contributed by atoms with Gasteiger partial charge in [0.15, 0.2) is 0 Å². The molecule has 6 heteroatoms. The summed E-state index contributed by atoms with van der Waals surface area (Å²) < 4.78 is 7.94. The summed E-state index contributed by atoms with van der Waals surface area (Å²) in [4.78, 5) is 15.5. The number of aromatic nitrogens is 2. The summed E-state index contributed by atoms with van der Waals surface area (Å²) in [6, 6.07) is 16.3. The van der Waals surface area contributed by atoms with Gasteiger partial charge in [-0.15, -0.1) is 0 Å². The van der Waals surface area contributed by atoms with Gasteiger partial charge in [0, 0.05) is 30.1 Å². The number of nitrogens with one attached hydrogen (secondary N) is 1. The molecule has 2 atom stereocenters. The first kappa shape index (κ1) is 20.8. The van der Waals surface area contributed by atoms with Crippen molar-refractivity contribution in [1.82, 2.24) is 14.7 Å². The lowest BCUT2D eigenvalue weighted by molar-refractivity contribution is 0.0425. The molecule has 0 bridgehead atoms. The fraction of sp³-hybridized carbons (Fsp3) is 0.385. The number of carbonyl (C=O) groups excluding carboxylic acids is 1. The van der Waals surface area contributed by atoms with Gasteiger partial charge in [0.1, 0.15) is 6.17 Å². The second-order valence-corrected chi connectivity index (χ2v) is 8.91. The van der Waals surface area contributed by atoms with E-state index >= 15 is 0 Å². The average molecular weight is 431 g/mol. The molecule has 0 saturated carbocycles. The van der Waals surface area contributed by atoms with Crippen molar-refractivity contribution in [2.24, 2.45) is 0 Å². The molecule has 5 rings (SSSR count). The lowest BCUT2D eigenvalue weighted by Crippen LogP contribution is -2.46. The Morgan fingerprint density at radius 3 is 2.62 bits per heavy atom. The highest BCUT2D eigenvalue weighted by Crippen LogP contribution is 2.36. The third-order valence-corrected chi connectivity index (χ3v) is 6.61. The van der Waals surface area contributed by atoms with Crippen LogP contribution in [0.25, 0.3) is 0 Å². The van der Waals surface area contributed by atoms with Crippen LogP contribution in [0.3, 0.4) is 0 Å². The monoisotopic (exact) mass is 430 g/mol. The van der Waals surface area contributed by atoms with Crippen LogP contribution in [-0.2, 0) is 11.3 Å². The minimum absolute atomic E-state index is 0.0462. The van der Waals surface area contributed by atoms with Crippen LogP contribution in [0.2, 0.25) is 0 Å². The first-order valence-electron chi connectivity index (χ1n) is 11.4. The highest BCUT2D eigenvalue weighted by Gasteiger charge is 2.37. The number of anilines is 1. The van der Waals surface area contributed by atoms with Crippen molar-refractivity contribution in [3.8, 4) is 0 Å². The summed E-state index contributed by atoms with van der Waals surface area (Å²) in [6.07, 6.45) is 1.85. The number of aryl methyl sites for hydroxylation is 2. The summed E-state index contributed by atoms with van der Waals surface area (Å²) >= 11 is 0. The van der Waals surface area contributed by atoms with Gasteiger partial charge in [-0.3, -0.25) is 9.48 Å². The second-order valence-electron chi connectivity index (χ2n) is 8.91. The van der Waals surface area contributed by atoms with Gasteiger partial charge >= 0.3 is 0 Å². The number of fused-ring (bicyclic) bond motifs is 1. The van der Waals surface area contributed by atoms with Gasteiger partial charge in [-0.1, -0.05) is 42.0 Å². The molecular formula is C26H30N4O2. The molecule has 2 aromatic carbocycles. The number of hydrogen-bond acceptors (Lipinski definition) is 4. The SMILES string of the molecule is Cc1ccc(Cn2nc(C)c([C@@H]3Nc4ccccc4C(=O)N3C[C@H]3CCCO3)c2C)cc1. The summed E-state index contributed by atoms with van der Waals surface area (Å²) in [7, 11) is 0. The van der Waals surface area contributed by atoms with E-state index in [-0.39, 0.29) is 18.2 Å². The van der Waals surface area contributed by atoms with E-state index in [9.17, 15) is 4.79 Å². The molecule has 6 nitrogen and oxygen atoms in total. The molecule has 166 valence electrons. The molecule has 1 amide bonds. The van der Waals surface area contributed by atoms with Gasteiger partial charge in [0.25, 0.3) is 5.91 Å². The molecule has 3 aromatic rings. The van der Waals surface area contributed by atoms with Crippen molar-refractivity contribution < 1.29 is 9.53 Å². The van der Waals surface area contributed by atoms with Crippen molar-refractivity contribution >= 4 is 11.6 Å².